The Morgan fingerprint density at radius 1 is 0.969 bits per heavy atom. The summed E-state index contributed by atoms with van der Waals surface area (Å²) in [6.45, 7) is 0. The molecule has 3 N–H and O–H groups in total. The molecule has 0 unspecified atom stereocenters. The fourth-order valence-corrected chi connectivity index (χ4v) is 3.43. The van der Waals surface area contributed by atoms with Crippen LogP contribution in [0.4, 0.5) is 28.4 Å². The van der Waals surface area contributed by atoms with Crippen molar-refractivity contribution >= 4 is 44.4 Å². The lowest BCUT2D eigenvalue weighted by Crippen LogP contribution is -2.14. The lowest BCUT2D eigenvalue weighted by molar-refractivity contribution is -0.383. The van der Waals surface area contributed by atoms with Crippen LogP contribution in [0.25, 0.3) is 0 Å². The number of hydrogen-bond acceptors (Lipinski definition) is 7. The molecular weight excluding hydrogens is 436 g/mol. The summed E-state index contributed by atoms with van der Waals surface area (Å²) in [6, 6.07) is 17.4. The highest BCUT2D eigenvalue weighted by Gasteiger charge is 2.18. The van der Waals surface area contributed by atoms with Gasteiger partial charge in [-0.3, -0.25) is 19.6 Å². The highest BCUT2D eigenvalue weighted by molar-refractivity contribution is 7.92. The van der Waals surface area contributed by atoms with Crippen molar-refractivity contribution in [1.82, 2.24) is 0 Å². The average molecular weight is 456 g/mol. The van der Waals surface area contributed by atoms with E-state index in [1.165, 1.54) is 43.5 Å². The van der Waals surface area contributed by atoms with Crippen molar-refractivity contribution in [2.75, 3.05) is 28.7 Å². The first-order chi connectivity index (χ1) is 15.2. The van der Waals surface area contributed by atoms with Gasteiger partial charge in [-0.2, -0.15) is 0 Å². The Balaban J connectivity index is 1.83. The maximum Gasteiger partial charge on any atom is 0.293 e. The van der Waals surface area contributed by atoms with E-state index < -0.39 is 20.9 Å². The summed E-state index contributed by atoms with van der Waals surface area (Å²) in [6.07, 6.45) is 1.01. The number of carbonyl (C=O) groups excluding carboxylic acids is 1. The number of nitrogens with zero attached hydrogens (tertiary/aromatic N) is 1. The molecule has 3 rings (SSSR count). The molecule has 3 aromatic rings. The minimum atomic E-state index is -3.52. The number of anilines is 4. The second-order valence-corrected chi connectivity index (χ2v) is 8.47. The number of rotatable bonds is 8. The summed E-state index contributed by atoms with van der Waals surface area (Å²) < 4.78 is 30.4. The molecule has 0 heterocycles. The number of nitrogens with one attached hydrogen (secondary N) is 3. The zero-order valence-electron chi connectivity index (χ0n) is 17.2. The van der Waals surface area contributed by atoms with Crippen LogP contribution in [-0.4, -0.2) is 32.6 Å². The third kappa shape index (κ3) is 5.73. The van der Waals surface area contributed by atoms with Gasteiger partial charge in [-0.25, -0.2) is 8.42 Å². The third-order valence-corrected chi connectivity index (χ3v) is 4.85. The molecule has 10 nitrogen and oxygen atoms in total. The summed E-state index contributed by atoms with van der Waals surface area (Å²) in [7, 11) is -2.16. The van der Waals surface area contributed by atoms with E-state index in [2.05, 4.69) is 15.4 Å². The Labute approximate surface area is 184 Å². The highest BCUT2D eigenvalue weighted by atomic mass is 32.2. The standard InChI is InChI=1S/C21H20N4O6S/c1-31-20-13-16(9-11-18(20)24-32(2,29)30)23-21(26)14-8-10-17(19(12-14)25(27)28)22-15-6-4-3-5-7-15/h3-13,22,24H,1-2H3,(H,23,26). The molecule has 0 saturated heterocycles. The number of hydrogen-bond donors (Lipinski definition) is 3. The number of carbonyl (C=O) groups is 1. The summed E-state index contributed by atoms with van der Waals surface area (Å²) in [5.41, 5.74) is 1.26. The zero-order valence-corrected chi connectivity index (χ0v) is 18.0. The largest absolute Gasteiger partial charge is 0.494 e. The molecule has 0 spiro atoms. The fraction of sp³-hybridized carbons (Fsp3) is 0.0952. The van der Waals surface area contributed by atoms with Crippen molar-refractivity contribution in [2.45, 2.75) is 0 Å². The molecule has 0 aliphatic rings. The molecule has 32 heavy (non-hydrogen) atoms. The van der Waals surface area contributed by atoms with Gasteiger partial charge in [-0.1, -0.05) is 18.2 Å². The van der Waals surface area contributed by atoms with Crippen LogP contribution in [0.15, 0.2) is 66.7 Å². The first-order valence-corrected chi connectivity index (χ1v) is 11.1. The highest BCUT2D eigenvalue weighted by Crippen LogP contribution is 2.31. The number of nitro benzene ring substituents is 1. The molecule has 11 heteroatoms. The lowest BCUT2D eigenvalue weighted by atomic mass is 10.1. The van der Waals surface area contributed by atoms with Gasteiger partial charge in [0.1, 0.15) is 11.4 Å². The van der Waals surface area contributed by atoms with Crippen LogP contribution < -0.4 is 20.1 Å². The number of benzene rings is 3. The minimum absolute atomic E-state index is 0.0765. The van der Waals surface area contributed by atoms with E-state index in [0.717, 1.165) is 6.26 Å². The first-order valence-electron chi connectivity index (χ1n) is 9.24. The molecule has 166 valence electrons. The Kier molecular flexibility index (Phi) is 6.59. The van der Waals surface area contributed by atoms with Crippen molar-refractivity contribution in [3.63, 3.8) is 0 Å². The second-order valence-electron chi connectivity index (χ2n) is 6.72. The van der Waals surface area contributed by atoms with Gasteiger partial charge in [0.15, 0.2) is 0 Å². The number of sulfonamides is 1. The second kappa shape index (κ2) is 9.35. The Bertz CT molecular complexity index is 1260. The van der Waals surface area contributed by atoms with Gasteiger partial charge >= 0.3 is 0 Å². The number of para-hydroxylation sites is 1. The molecule has 0 fully saturated rings. The molecule has 3 aromatic carbocycles. The lowest BCUT2D eigenvalue weighted by Gasteiger charge is -2.13. The molecule has 0 atom stereocenters. The molecule has 0 radical (unpaired) electrons. The van der Waals surface area contributed by atoms with Gasteiger partial charge in [0.05, 0.1) is 24.0 Å². The molecular formula is C21H20N4O6S. The van der Waals surface area contributed by atoms with Gasteiger partial charge in [0.2, 0.25) is 10.0 Å². The van der Waals surface area contributed by atoms with Gasteiger partial charge in [0, 0.05) is 29.1 Å². The van der Waals surface area contributed by atoms with Crippen molar-refractivity contribution in [2.24, 2.45) is 0 Å². The van der Waals surface area contributed by atoms with Gasteiger partial charge in [-0.15, -0.1) is 0 Å². The normalized spacial score (nSPS) is 10.8. The smallest absolute Gasteiger partial charge is 0.293 e. The Morgan fingerprint density at radius 3 is 2.28 bits per heavy atom. The molecule has 0 aliphatic heterocycles. The van der Waals surface area contributed by atoms with E-state index in [9.17, 15) is 23.3 Å². The fourth-order valence-electron chi connectivity index (χ4n) is 2.86. The third-order valence-electron chi connectivity index (χ3n) is 4.26. The molecule has 0 aliphatic carbocycles. The Morgan fingerprint density at radius 2 is 1.66 bits per heavy atom. The van der Waals surface area contributed by atoms with Crippen LogP contribution in [0.1, 0.15) is 10.4 Å². The van der Waals surface area contributed by atoms with Gasteiger partial charge in [0.25, 0.3) is 11.6 Å². The number of ether oxygens (including phenoxy) is 1. The minimum Gasteiger partial charge on any atom is -0.494 e. The average Bonchev–Trinajstić information content (AvgIpc) is 2.74. The first kappa shape index (κ1) is 22.6. The number of nitro groups is 1. The van der Waals surface area contributed by atoms with Crippen molar-refractivity contribution in [3.8, 4) is 5.75 Å². The van der Waals surface area contributed by atoms with Crippen LogP contribution in [0, 0.1) is 10.1 Å². The van der Waals surface area contributed by atoms with E-state index in [-0.39, 0.29) is 28.4 Å². The molecule has 1 amide bonds. The van der Waals surface area contributed by atoms with Crippen molar-refractivity contribution in [1.29, 1.82) is 0 Å². The summed E-state index contributed by atoms with van der Waals surface area (Å²) in [5.74, 6) is -0.383. The van der Waals surface area contributed by atoms with E-state index in [1.54, 1.807) is 24.3 Å². The topological polar surface area (TPSA) is 140 Å². The van der Waals surface area contributed by atoms with Gasteiger partial charge < -0.3 is 15.4 Å². The predicted molar refractivity (Wildman–Crippen MR) is 122 cm³/mol. The van der Waals surface area contributed by atoms with Crippen LogP contribution in [0.5, 0.6) is 5.75 Å². The van der Waals surface area contributed by atoms with E-state index >= 15 is 0 Å². The molecule has 0 bridgehead atoms. The monoisotopic (exact) mass is 456 g/mol. The Hall–Kier alpha value is -4.12. The number of methoxy groups -OCH3 is 1. The van der Waals surface area contributed by atoms with Crippen LogP contribution in [-0.2, 0) is 10.0 Å². The summed E-state index contributed by atoms with van der Waals surface area (Å²) in [5, 5.41) is 17.1. The summed E-state index contributed by atoms with van der Waals surface area (Å²) in [4.78, 5) is 23.6. The van der Waals surface area contributed by atoms with E-state index in [0.29, 0.717) is 11.4 Å². The van der Waals surface area contributed by atoms with Crippen molar-refractivity contribution < 1.29 is 22.9 Å². The van der Waals surface area contributed by atoms with E-state index in [4.69, 9.17) is 4.74 Å². The number of amides is 1. The SMILES string of the molecule is COc1cc(NC(=O)c2ccc(Nc3ccccc3)c([N+](=O)[O-])c2)ccc1NS(C)(=O)=O. The maximum absolute atomic E-state index is 12.7. The van der Waals surface area contributed by atoms with Crippen molar-refractivity contribution in [3.05, 3.63) is 82.4 Å². The zero-order chi connectivity index (χ0) is 23.3. The van der Waals surface area contributed by atoms with Gasteiger partial charge in [-0.05, 0) is 36.4 Å². The van der Waals surface area contributed by atoms with Crippen LogP contribution >= 0.6 is 0 Å². The predicted octanol–water partition coefficient (Wildman–Crippen LogP) is 3.97. The molecule has 0 aromatic heterocycles. The maximum atomic E-state index is 12.7. The van der Waals surface area contributed by atoms with E-state index in [1.807, 2.05) is 6.07 Å². The van der Waals surface area contributed by atoms with Crippen LogP contribution in [0.2, 0.25) is 0 Å². The van der Waals surface area contributed by atoms with Crippen LogP contribution in [0.3, 0.4) is 0 Å². The summed E-state index contributed by atoms with van der Waals surface area (Å²) >= 11 is 0. The molecule has 0 saturated carbocycles. The quantitative estimate of drug-likeness (QED) is 0.344.